The lowest BCUT2D eigenvalue weighted by molar-refractivity contribution is -0.137. The number of hydrogen-bond donors (Lipinski definition) is 1. The van der Waals surface area contributed by atoms with Gasteiger partial charge in [-0.05, 0) is 61.9 Å². The van der Waals surface area contributed by atoms with E-state index in [9.17, 15) is 4.79 Å². The third kappa shape index (κ3) is 6.44. The monoisotopic (exact) mass is 354 g/mol. The van der Waals surface area contributed by atoms with Gasteiger partial charge in [0.1, 0.15) is 0 Å². The molecule has 2 heterocycles. The number of carboxylic acid groups (broad SMARTS) is 1. The van der Waals surface area contributed by atoms with Gasteiger partial charge in [-0.15, -0.1) is 0 Å². The number of aliphatic carboxylic acids is 1. The van der Waals surface area contributed by atoms with Crippen molar-refractivity contribution in [2.75, 3.05) is 11.5 Å². The normalized spacial score (nSPS) is 28.9. The number of carbonyl (C=O) groups is 1. The van der Waals surface area contributed by atoms with Gasteiger partial charge < -0.3 is 9.84 Å². The molecule has 2 saturated heterocycles. The summed E-state index contributed by atoms with van der Waals surface area (Å²) >= 11 is 2.13. The number of carboxylic acids is 1. The largest absolute Gasteiger partial charge is 0.481 e. The predicted molar refractivity (Wildman–Crippen MR) is 102 cm³/mol. The lowest BCUT2D eigenvalue weighted by atomic mass is 9.78. The zero-order chi connectivity index (χ0) is 17.2. The summed E-state index contributed by atoms with van der Waals surface area (Å²) in [6.07, 6.45) is 16.3. The first-order valence-corrected chi connectivity index (χ1v) is 11.0. The van der Waals surface area contributed by atoms with Gasteiger partial charge in [0.25, 0.3) is 0 Å². The summed E-state index contributed by atoms with van der Waals surface area (Å²) in [7, 11) is 0. The van der Waals surface area contributed by atoms with Crippen LogP contribution in [-0.4, -0.2) is 34.8 Å². The first kappa shape index (κ1) is 19.8. The molecule has 0 aromatic heterocycles. The molecule has 2 rings (SSSR count). The topological polar surface area (TPSA) is 46.5 Å². The molecule has 4 atom stereocenters. The summed E-state index contributed by atoms with van der Waals surface area (Å²) < 4.78 is 6.18. The molecule has 0 unspecified atom stereocenters. The van der Waals surface area contributed by atoms with Crippen molar-refractivity contribution >= 4 is 17.7 Å². The van der Waals surface area contributed by atoms with Gasteiger partial charge in [0.2, 0.25) is 0 Å². The van der Waals surface area contributed by atoms with Crippen molar-refractivity contribution in [2.24, 2.45) is 11.8 Å². The Hall–Kier alpha value is -0.480. The SMILES string of the molecule is CCCCCCSC[C@@H]1[C@H](C/C=C\CCCC(=O)O)[C@@H]2CC[C@H]1O2. The van der Waals surface area contributed by atoms with Crippen LogP contribution in [0.4, 0.5) is 0 Å². The molecule has 2 aliphatic rings. The summed E-state index contributed by atoms with van der Waals surface area (Å²) in [6, 6.07) is 0. The van der Waals surface area contributed by atoms with E-state index < -0.39 is 5.97 Å². The molecule has 0 amide bonds. The van der Waals surface area contributed by atoms with Crippen LogP contribution in [-0.2, 0) is 9.53 Å². The molecule has 138 valence electrons. The van der Waals surface area contributed by atoms with E-state index in [2.05, 4.69) is 30.8 Å². The van der Waals surface area contributed by atoms with Crippen LogP contribution in [0, 0.1) is 11.8 Å². The maximum absolute atomic E-state index is 10.5. The Balaban J connectivity index is 1.65. The molecule has 3 nitrogen and oxygen atoms in total. The van der Waals surface area contributed by atoms with E-state index in [-0.39, 0.29) is 6.42 Å². The fraction of sp³-hybridized carbons (Fsp3) is 0.850. The first-order chi connectivity index (χ1) is 11.7. The summed E-state index contributed by atoms with van der Waals surface area (Å²) in [5.41, 5.74) is 0. The van der Waals surface area contributed by atoms with Crippen LogP contribution in [0.15, 0.2) is 12.2 Å². The molecular weight excluding hydrogens is 320 g/mol. The van der Waals surface area contributed by atoms with Crippen LogP contribution in [0.25, 0.3) is 0 Å². The lowest BCUT2D eigenvalue weighted by Crippen LogP contribution is -2.28. The second-order valence-electron chi connectivity index (χ2n) is 7.25. The van der Waals surface area contributed by atoms with E-state index in [4.69, 9.17) is 9.84 Å². The van der Waals surface area contributed by atoms with Gasteiger partial charge in [-0.3, -0.25) is 4.79 Å². The Kier molecular flexibility index (Phi) is 9.26. The van der Waals surface area contributed by atoms with Gasteiger partial charge in [-0.1, -0.05) is 38.3 Å². The van der Waals surface area contributed by atoms with Crippen LogP contribution in [0.2, 0.25) is 0 Å². The second-order valence-corrected chi connectivity index (χ2v) is 8.40. The van der Waals surface area contributed by atoms with Crippen molar-refractivity contribution < 1.29 is 14.6 Å². The summed E-state index contributed by atoms with van der Waals surface area (Å²) in [5.74, 6) is 3.27. The van der Waals surface area contributed by atoms with Gasteiger partial charge in [0, 0.05) is 6.42 Å². The van der Waals surface area contributed by atoms with E-state index in [1.54, 1.807) is 0 Å². The Bertz CT molecular complexity index is 396. The molecule has 0 aromatic carbocycles. The quantitative estimate of drug-likeness (QED) is 0.360. The van der Waals surface area contributed by atoms with Crippen LogP contribution in [0.1, 0.15) is 71.1 Å². The average Bonchev–Trinajstić information content (AvgIpc) is 3.15. The molecule has 2 aliphatic heterocycles. The number of rotatable bonds is 13. The van der Waals surface area contributed by atoms with Crippen LogP contribution in [0.5, 0.6) is 0 Å². The fourth-order valence-electron chi connectivity index (χ4n) is 4.02. The molecule has 2 fully saturated rings. The zero-order valence-corrected chi connectivity index (χ0v) is 15.9. The molecule has 0 aromatic rings. The Morgan fingerprint density at radius 2 is 1.92 bits per heavy atom. The summed E-state index contributed by atoms with van der Waals surface area (Å²) in [5, 5.41) is 8.66. The highest BCUT2D eigenvalue weighted by atomic mass is 32.2. The Labute approximate surface area is 151 Å². The van der Waals surface area contributed by atoms with E-state index in [1.165, 1.54) is 50.0 Å². The smallest absolute Gasteiger partial charge is 0.303 e. The molecule has 2 bridgehead atoms. The lowest BCUT2D eigenvalue weighted by Gasteiger charge is -2.27. The highest BCUT2D eigenvalue weighted by Crippen LogP contribution is 2.46. The van der Waals surface area contributed by atoms with E-state index in [1.807, 2.05) is 0 Å². The van der Waals surface area contributed by atoms with Gasteiger partial charge >= 0.3 is 5.97 Å². The van der Waals surface area contributed by atoms with Crippen molar-refractivity contribution in [3.8, 4) is 0 Å². The van der Waals surface area contributed by atoms with Gasteiger partial charge in [0.05, 0.1) is 12.2 Å². The minimum Gasteiger partial charge on any atom is -0.481 e. The van der Waals surface area contributed by atoms with Crippen molar-refractivity contribution in [3.05, 3.63) is 12.2 Å². The third-order valence-corrected chi connectivity index (χ3v) is 6.58. The minimum atomic E-state index is -0.694. The molecule has 0 spiro atoms. The zero-order valence-electron chi connectivity index (χ0n) is 15.1. The summed E-state index contributed by atoms with van der Waals surface area (Å²) in [4.78, 5) is 10.5. The number of unbranched alkanes of at least 4 members (excludes halogenated alkanes) is 4. The highest BCUT2D eigenvalue weighted by molar-refractivity contribution is 7.99. The molecule has 0 radical (unpaired) electrons. The van der Waals surface area contributed by atoms with Crippen molar-refractivity contribution in [3.63, 3.8) is 0 Å². The van der Waals surface area contributed by atoms with Crippen LogP contribution >= 0.6 is 11.8 Å². The van der Waals surface area contributed by atoms with Gasteiger partial charge in [-0.25, -0.2) is 0 Å². The number of fused-ring (bicyclic) bond motifs is 2. The van der Waals surface area contributed by atoms with E-state index in [0.717, 1.165) is 25.2 Å². The molecule has 4 heteroatoms. The van der Waals surface area contributed by atoms with Gasteiger partial charge in [-0.2, -0.15) is 11.8 Å². The predicted octanol–water partition coefficient (Wildman–Crippen LogP) is 5.29. The van der Waals surface area contributed by atoms with Crippen molar-refractivity contribution in [2.45, 2.75) is 83.3 Å². The fourth-order valence-corrected chi connectivity index (χ4v) is 5.33. The molecule has 0 aliphatic carbocycles. The molecule has 1 N–H and O–H groups in total. The first-order valence-electron chi connectivity index (χ1n) is 9.82. The summed E-state index contributed by atoms with van der Waals surface area (Å²) in [6.45, 7) is 2.26. The van der Waals surface area contributed by atoms with Crippen molar-refractivity contribution in [1.82, 2.24) is 0 Å². The average molecular weight is 355 g/mol. The van der Waals surface area contributed by atoms with Gasteiger partial charge in [0.15, 0.2) is 0 Å². The molecule has 24 heavy (non-hydrogen) atoms. The van der Waals surface area contributed by atoms with Crippen LogP contribution < -0.4 is 0 Å². The van der Waals surface area contributed by atoms with E-state index >= 15 is 0 Å². The van der Waals surface area contributed by atoms with Crippen molar-refractivity contribution in [1.29, 1.82) is 0 Å². The number of allylic oxidation sites excluding steroid dienone is 2. The standard InChI is InChI=1S/C20H34O3S/c1-2-3-4-9-14-24-15-17-16(18-12-13-19(17)23-18)10-7-5-6-8-11-20(21)22/h5,7,16-19H,2-4,6,8-15H2,1H3,(H,21,22)/b7-5-/t16-,17+,18-,19+/m0/s1. The molecular formula is C20H34O3S. The Morgan fingerprint density at radius 3 is 2.67 bits per heavy atom. The van der Waals surface area contributed by atoms with Crippen LogP contribution in [0.3, 0.4) is 0 Å². The molecule has 0 saturated carbocycles. The number of ether oxygens (including phenoxy) is 1. The number of hydrogen-bond acceptors (Lipinski definition) is 3. The maximum Gasteiger partial charge on any atom is 0.303 e. The highest BCUT2D eigenvalue weighted by Gasteiger charge is 2.47. The Morgan fingerprint density at radius 1 is 1.12 bits per heavy atom. The second kappa shape index (κ2) is 11.2. The minimum absolute atomic E-state index is 0.277. The maximum atomic E-state index is 10.5. The number of thioether (sulfide) groups is 1. The van der Waals surface area contributed by atoms with E-state index in [0.29, 0.717) is 18.1 Å². The third-order valence-electron chi connectivity index (χ3n) is 5.38.